The fourth-order valence-electron chi connectivity index (χ4n) is 3.04. The van der Waals surface area contributed by atoms with Crippen LogP contribution in [0.4, 0.5) is 0 Å². The molecule has 86 valence electrons. The molecule has 4 nitrogen and oxygen atoms in total. The van der Waals surface area contributed by atoms with E-state index in [4.69, 9.17) is 10.5 Å². The van der Waals surface area contributed by atoms with Gasteiger partial charge in [0, 0.05) is 31.0 Å². The minimum absolute atomic E-state index is 0.167. The van der Waals surface area contributed by atoms with Crippen molar-refractivity contribution in [3.8, 4) is 0 Å². The number of aliphatic imine (C=N–C) groups is 1. The van der Waals surface area contributed by atoms with Crippen molar-refractivity contribution in [1.82, 2.24) is 5.32 Å². The third-order valence-corrected chi connectivity index (χ3v) is 3.88. The highest BCUT2D eigenvalue weighted by Gasteiger charge is 2.58. The summed E-state index contributed by atoms with van der Waals surface area (Å²) < 4.78 is 5.82. The molecule has 0 spiro atoms. The average Bonchev–Trinajstić information content (AvgIpc) is 2.25. The number of nitrogens with zero attached hydrogens (tertiary/aromatic N) is 1. The van der Waals surface area contributed by atoms with Crippen molar-refractivity contribution in [3.05, 3.63) is 0 Å². The number of ether oxygens (including phenoxy) is 1. The molecule has 15 heavy (non-hydrogen) atoms. The summed E-state index contributed by atoms with van der Waals surface area (Å²) in [5.74, 6) is 1.14. The van der Waals surface area contributed by atoms with Crippen molar-refractivity contribution in [2.75, 3.05) is 13.7 Å². The maximum absolute atomic E-state index is 5.82. The summed E-state index contributed by atoms with van der Waals surface area (Å²) in [5, 5.41) is 3.30. The smallest absolute Gasteiger partial charge is 0.188 e. The number of hydrogen-bond acceptors (Lipinski definition) is 2. The Balaban J connectivity index is 2.05. The van der Waals surface area contributed by atoms with E-state index < -0.39 is 0 Å². The normalized spacial score (nSPS) is 39.1. The summed E-state index contributed by atoms with van der Waals surface area (Å²) in [5.41, 5.74) is 5.89. The topological polar surface area (TPSA) is 59.6 Å². The molecule has 1 aliphatic heterocycles. The summed E-state index contributed by atoms with van der Waals surface area (Å²) in [4.78, 5) is 3.96. The molecule has 1 saturated carbocycles. The lowest BCUT2D eigenvalue weighted by Gasteiger charge is -2.60. The van der Waals surface area contributed by atoms with Gasteiger partial charge in [-0.3, -0.25) is 4.99 Å². The van der Waals surface area contributed by atoms with Crippen molar-refractivity contribution in [3.63, 3.8) is 0 Å². The van der Waals surface area contributed by atoms with E-state index in [2.05, 4.69) is 24.2 Å². The molecule has 4 heteroatoms. The number of hydrogen-bond donors (Lipinski definition) is 2. The molecule has 1 saturated heterocycles. The number of nitrogens with two attached hydrogens (primary N) is 1. The zero-order chi connectivity index (χ0) is 11.1. The van der Waals surface area contributed by atoms with Crippen LogP contribution in [-0.2, 0) is 4.74 Å². The molecule has 0 aromatic heterocycles. The first kappa shape index (κ1) is 10.7. The maximum Gasteiger partial charge on any atom is 0.188 e. The van der Waals surface area contributed by atoms with Crippen LogP contribution in [0.25, 0.3) is 0 Å². The number of fused-ring (bicyclic) bond motifs is 1. The van der Waals surface area contributed by atoms with Crippen LogP contribution in [0.2, 0.25) is 0 Å². The minimum Gasteiger partial charge on any atom is -0.377 e. The predicted molar refractivity (Wildman–Crippen MR) is 60.7 cm³/mol. The Bertz CT molecular complexity index is 275. The molecular weight excluding hydrogens is 190 g/mol. The van der Waals surface area contributed by atoms with Gasteiger partial charge < -0.3 is 15.8 Å². The lowest BCUT2D eigenvalue weighted by Crippen LogP contribution is -2.70. The predicted octanol–water partition coefficient (Wildman–Crippen LogP) is 0.724. The van der Waals surface area contributed by atoms with Crippen LogP contribution >= 0.6 is 0 Å². The van der Waals surface area contributed by atoms with Gasteiger partial charge in [-0.15, -0.1) is 0 Å². The van der Waals surface area contributed by atoms with Gasteiger partial charge in [0.2, 0.25) is 0 Å². The van der Waals surface area contributed by atoms with Crippen molar-refractivity contribution in [2.24, 2.45) is 22.1 Å². The van der Waals surface area contributed by atoms with E-state index >= 15 is 0 Å². The quantitative estimate of drug-likeness (QED) is 0.496. The minimum atomic E-state index is 0.167. The molecule has 1 heterocycles. The molecule has 0 radical (unpaired) electrons. The Morgan fingerprint density at radius 1 is 1.53 bits per heavy atom. The first-order valence-electron chi connectivity index (χ1n) is 5.67. The van der Waals surface area contributed by atoms with Crippen LogP contribution in [0.3, 0.4) is 0 Å². The van der Waals surface area contributed by atoms with Gasteiger partial charge in [-0.2, -0.15) is 0 Å². The molecule has 2 rings (SSSR count). The Morgan fingerprint density at radius 2 is 2.27 bits per heavy atom. The fourth-order valence-corrected chi connectivity index (χ4v) is 3.04. The molecule has 1 aliphatic carbocycles. The Kier molecular flexibility index (Phi) is 2.63. The monoisotopic (exact) mass is 211 g/mol. The van der Waals surface area contributed by atoms with Gasteiger partial charge in [0.05, 0.1) is 6.10 Å². The number of rotatable bonds is 1. The molecule has 3 N–H and O–H groups in total. The van der Waals surface area contributed by atoms with Gasteiger partial charge in [0.15, 0.2) is 5.96 Å². The fraction of sp³-hybridized carbons (Fsp3) is 0.909. The highest BCUT2D eigenvalue weighted by atomic mass is 16.5. The third-order valence-electron chi connectivity index (χ3n) is 3.88. The van der Waals surface area contributed by atoms with E-state index in [-0.39, 0.29) is 5.41 Å². The van der Waals surface area contributed by atoms with Gasteiger partial charge in [-0.25, -0.2) is 0 Å². The van der Waals surface area contributed by atoms with Crippen LogP contribution < -0.4 is 11.1 Å². The van der Waals surface area contributed by atoms with E-state index in [1.807, 2.05) is 0 Å². The largest absolute Gasteiger partial charge is 0.377 e. The van der Waals surface area contributed by atoms with Gasteiger partial charge in [-0.1, -0.05) is 13.8 Å². The summed E-state index contributed by atoms with van der Waals surface area (Å²) in [6, 6.07) is 0.409. The average molecular weight is 211 g/mol. The van der Waals surface area contributed by atoms with Crippen molar-refractivity contribution in [2.45, 2.75) is 38.8 Å². The lowest BCUT2D eigenvalue weighted by atomic mass is 9.55. The third kappa shape index (κ3) is 1.61. The standard InChI is InChI=1S/C11H21N3O/c1-11(2)8(14-10(12)13-3)7-5-4-6-15-9(7)11/h7-9H,4-6H2,1-3H3,(H3,12,13,14). The zero-order valence-electron chi connectivity index (χ0n) is 9.79. The summed E-state index contributed by atoms with van der Waals surface area (Å²) in [7, 11) is 1.71. The van der Waals surface area contributed by atoms with Crippen LogP contribution in [0.5, 0.6) is 0 Å². The van der Waals surface area contributed by atoms with Crippen LogP contribution in [0, 0.1) is 11.3 Å². The number of nitrogens with one attached hydrogen (secondary N) is 1. The van der Waals surface area contributed by atoms with E-state index in [9.17, 15) is 0 Å². The first-order chi connectivity index (χ1) is 7.07. The highest BCUT2D eigenvalue weighted by molar-refractivity contribution is 5.78. The van der Waals surface area contributed by atoms with Crippen molar-refractivity contribution < 1.29 is 4.74 Å². The van der Waals surface area contributed by atoms with E-state index in [1.54, 1.807) is 7.05 Å². The van der Waals surface area contributed by atoms with Gasteiger partial charge >= 0.3 is 0 Å². The van der Waals surface area contributed by atoms with Crippen LogP contribution in [0.15, 0.2) is 4.99 Å². The second kappa shape index (κ2) is 3.67. The van der Waals surface area contributed by atoms with Crippen molar-refractivity contribution >= 4 is 5.96 Å². The molecule has 2 fully saturated rings. The molecular formula is C11H21N3O. The van der Waals surface area contributed by atoms with Gasteiger partial charge in [0.1, 0.15) is 0 Å². The van der Waals surface area contributed by atoms with E-state index in [0.717, 1.165) is 6.61 Å². The second-order valence-electron chi connectivity index (χ2n) is 5.15. The zero-order valence-corrected chi connectivity index (χ0v) is 9.79. The van der Waals surface area contributed by atoms with Crippen LogP contribution in [0.1, 0.15) is 26.7 Å². The molecule has 0 amide bonds. The summed E-state index contributed by atoms with van der Waals surface area (Å²) >= 11 is 0. The lowest BCUT2D eigenvalue weighted by molar-refractivity contribution is -0.188. The first-order valence-corrected chi connectivity index (χ1v) is 5.67. The Labute approximate surface area is 91.3 Å². The molecule has 3 atom stereocenters. The van der Waals surface area contributed by atoms with E-state index in [1.165, 1.54) is 12.8 Å². The van der Waals surface area contributed by atoms with Gasteiger partial charge in [0.25, 0.3) is 0 Å². The Hall–Kier alpha value is -0.770. The summed E-state index contributed by atoms with van der Waals surface area (Å²) in [6.07, 6.45) is 2.80. The molecule has 0 aromatic rings. The molecule has 2 aliphatic rings. The van der Waals surface area contributed by atoms with E-state index in [0.29, 0.717) is 24.0 Å². The van der Waals surface area contributed by atoms with Gasteiger partial charge in [-0.05, 0) is 12.8 Å². The van der Waals surface area contributed by atoms with Crippen LogP contribution in [-0.4, -0.2) is 31.8 Å². The molecule has 0 bridgehead atoms. The SMILES string of the molecule is CN=C(N)NC1C2CCCOC2C1(C)C. The molecule has 3 unspecified atom stereocenters. The summed E-state index contributed by atoms with van der Waals surface area (Å²) in [6.45, 7) is 5.38. The number of guanidine groups is 1. The van der Waals surface area contributed by atoms with Crippen molar-refractivity contribution in [1.29, 1.82) is 0 Å². The maximum atomic E-state index is 5.82. The molecule has 0 aromatic carbocycles. The second-order valence-corrected chi connectivity index (χ2v) is 5.15. The Morgan fingerprint density at radius 3 is 2.93 bits per heavy atom. The highest BCUT2D eigenvalue weighted by Crippen LogP contribution is 2.51.